The molecule has 0 bridgehead atoms. The first-order valence-corrected chi connectivity index (χ1v) is 4.61. The van der Waals surface area contributed by atoms with Gasteiger partial charge in [0.25, 0.3) is 0 Å². The van der Waals surface area contributed by atoms with Gasteiger partial charge in [0, 0.05) is 32.5 Å². The predicted molar refractivity (Wildman–Crippen MR) is 50.5 cm³/mol. The van der Waals surface area contributed by atoms with Gasteiger partial charge < -0.3 is 18.5 Å². The van der Waals surface area contributed by atoms with Crippen molar-refractivity contribution in [2.75, 3.05) is 13.7 Å². The molecule has 1 rings (SSSR count). The van der Waals surface area contributed by atoms with Gasteiger partial charge in [-0.15, -0.1) is 0 Å². The maximum Gasteiger partial charge on any atom is 0.160 e. The Morgan fingerprint density at radius 1 is 1.50 bits per heavy atom. The highest BCUT2D eigenvalue weighted by Gasteiger charge is 2.35. The second-order valence-electron chi connectivity index (χ2n) is 2.58. The monoisotopic (exact) mass is 212 g/mol. The lowest BCUT2D eigenvalue weighted by Gasteiger charge is -2.14. The van der Waals surface area contributed by atoms with Gasteiger partial charge in [-0.05, 0) is 0 Å². The Morgan fingerprint density at radius 3 is 2.75 bits per heavy atom. The topological polar surface area (TPSA) is 36.9 Å². The Labute approximate surface area is 76.8 Å². The van der Waals surface area contributed by atoms with E-state index < -0.39 is 0 Å². The lowest BCUT2D eigenvalue weighted by Crippen LogP contribution is -2.25. The normalized spacial score (nSPS) is 35.8. The molecule has 0 aliphatic carbocycles. The summed E-state index contributed by atoms with van der Waals surface area (Å²) in [6, 6.07) is 0. The third-order valence-corrected chi connectivity index (χ3v) is 2.41. The summed E-state index contributed by atoms with van der Waals surface area (Å²) >= 11 is 0. The zero-order valence-electron chi connectivity index (χ0n) is 6.93. The first-order valence-electron chi connectivity index (χ1n) is 3.67. The number of hydrogen-bond donors (Lipinski definition) is 0. The molecule has 0 aromatic heterocycles. The average molecular weight is 212 g/mol. The lowest BCUT2D eigenvalue weighted by atomic mass is 10.2. The van der Waals surface area contributed by atoms with Gasteiger partial charge in [0.15, 0.2) is 6.29 Å². The van der Waals surface area contributed by atoms with Crippen LogP contribution < -0.4 is 0 Å². The summed E-state index contributed by atoms with van der Waals surface area (Å²) < 4.78 is 20.5. The van der Waals surface area contributed by atoms with Crippen molar-refractivity contribution < 1.29 is 18.5 Å². The van der Waals surface area contributed by atoms with Gasteiger partial charge in [-0.3, -0.25) is 0 Å². The highest BCUT2D eigenvalue weighted by Crippen LogP contribution is 2.25. The van der Waals surface area contributed by atoms with E-state index in [1.54, 1.807) is 7.11 Å². The molecule has 1 fully saturated rings. The summed E-state index contributed by atoms with van der Waals surface area (Å²) in [5.74, 6) is 0. The van der Waals surface area contributed by atoms with Crippen molar-refractivity contribution in [1.82, 2.24) is 0 Å². The lowest BCUT2D eigenvalue weighted by molar-refractivity contribution is -0.123. The Bertz CT molecular complexity index is 135. The zero-order chi connectivity index (χ0) is 8.97. The second kappa shape index (κ2) is 5.43. The quantitative estimate of drug-likeness (QED) is 0.644. The summed E-state index contributed by atoms with van der Waals surface area (Å²) in [4.78, 5) is 0. The predicted octanol–water partition coefficient (Wildman–Crippen LogP) is 0.730. The standard InChI is InChI=1S/C6H14O4P2/c1-7-6-2-4(10-12)5(9-6)3-8-11/h4-6H,2-3,11-12H2,1H3/t4-,5+,6?/m0/s1. The van der Waals surface area contributed by atoms with E-state index in [0.29, 0.717) is 6.61 Å². The average Bonchev–Trinajstić information content (AvgIpc) is 2.48. The molecule has 1 aliphatic rings. The number of methoxy groups -OCH3 is 1. The van der Waals surface area contributed by atoms with Crippen molar-refractivity contribution >= 4 is 18.9 Å². The van der Waals surface area contributed by atoms with E-state index in [4.69, 9.17) is 18.5 Å². The smallest absolute Gasteiger partial charge is 0.160 e. The van der Waals surface area contributed by atoms with Crippen LogP contribution in [0.2, 0.25) is 0 Å². The summed E-state index contributed by atoms with van der Waals surface area (Å²) in [6.45, 7) is 0.504. The fourth-order valence-corrected chi connectivity index (χ4v) is 1.69. The van der Waals surface area contributed by atoms with Crippen molar-refractivity contribution in [3.8, 4) is 0 Å². The van der Waals surface area contributed by atoms with Crippen LogP contribution in [0.25, 0.3) is 0 Å². The molecule has 0 N–H and O–H groups in total. The zero-order valence-corrected chi connectivity index (χ0v) is 9.24. The molecule has 3 unspecified atom stereocenters. The SMILES string of the molecule is COC1C[C@H](OP)[C@@H](COP)O1. The van der Waals surface area contributed by atoms with Gasteiger partial charge in [-0.1, -0.05) is 0 Å². The highest BCUT2D eigenvalue weighted by atomic mass is 31.0. The van der Waals surface area contributed by atoms with Crippen LogP contribution in [0.5, 0.6) is 0 Å². The van der Waals surface area contributed by atoms with E-state index >= 15 is 0 Å². The van der Waals surface area contributed by atoms with E-state index in [1.807, 2.05) is 0 Å². The number of hydrogen-bond acceptors (Lipinski definition) is 4. The molecule has 4 nitrogen and oxygen atoms in total. The van der Waals surface area contributed by atoms with Gasteiger partial charge in [-0.25, -0.2) is 0 Å². The van der Waals surface area contributed by atoms with Crippen LogP contribution in [0.3, 0.4) is 0 Å². The van der Waals surface area contributed by atoms with Gasteiger partial charge in [0.2, 0.25) is 0 Å². The minimum absolute atomic E-state index is 0.0371. The fourth-order valence-electron chi connectivity index (χ4n) is 1.22. The molecule has 1 heterocycles. The minimum Gasteiger partial charge on any atom is -0.363 e. The van der Waals surface area contributed by atoms with Gasteiger partial charge in [0.05, 0.1) is 12.7 Å². The van der Waals surface area contributed by atoms with Crippen LogP contribution in [0, 0.1) is 0 Å². The first-order chi connectivity index (χ1) is 5.81. The minimum atomic E-state index is -0.166. The largest absolute Gasteiger partial charge is 0.363 e. The molecule has 6 heteroatoms. The third kappa shape index (κ3) is 2.59. The molecule has 1 saturated heterocycles. The van der Waals surface area contributed by atoms with E-state index in [2.05, 4.69) is 18.9 Å². The molecule has 0 spiro atoms. The van der Waals surface area contributed by atoms with Crippen LogP contribution in [0.15, 0.2) is 0 Å². The third-order valence-electron chi connectivity index (χ3n) is 1.86. The molecule has 0 aromatic rings. The molecule has 12 heavy (non-hydrogen) atoms. The molecule has 0 amide bonds. The molecular weight excluding hydrogens is 198 g/mol. The van der Waals surface area contributed by atoms with Gasteiger partial charge >= 0.3 is 0 Å². The molecule has 0 radical (unpaired) electrons. The Hall–Kier alpha value is 0.700. The Morgan fingerprint density at radius 2 is 2.25 bits per heavy atom. The Balaban J connectivity index is 2.39. The summed E-state index contributed by atoms with van der Waals surface area (Å²) in [5.41, 5.74) is 0. The number of rotatable bonds is 4. The van der Waals surface area contributed by atoms with Gasteiger partial charge in [0.1, 0.15) is 6.10 Å². The van der Waals surface area contributed by atoms with E-state index in [9.17, 15) is 0 Å². The maximum atomic E-state index is 5.46. The van der Waals surface area contributed by atoms with Crippen molar-refractivity contribution in [2.24, 2.45) is 0 Å². The van der Waals surface area contributed by atoms with Crippen molar-refractivity contribution in [1.29, 1.82) is 0 Å². The van der Waals surface area contributed by atoms with Crippen LogP contribution in [0.4, 0.5) is 0 Å². The van der Waals surface area contributed by atoms with Crippen LogP contribution in [0.1, 0.15) is 6.42 Å². The van der Waals surface area contributed by atoms with E-state index in [1.165, 1.54) is 0 Å². The van der Waals surface area contributed by atoms with Crippen LogP contribution in [-0.2, 0) is 18.5 Å². The van der Waals surface area contributed by atoms with E-state index in [0.717, 1.165) is 6.42 Å². The fraction of sp³-hybridized carbons (Fsp3) is 1.00. The maximum absolute atomic E-state index is 5.46. The summed E-state index contributed by atoms with van der Waals surface area (Å²) in [5, 5.41) is 0. The van der Waals surface area contributed by atoms with Crippen LogP contribution in [-0.4, -0.2) is 32.2 Å². The Kier molecular flexibility index (Phi) is 4.88. The summed E-state index contributed by atoms with van der Waals surface area (Å²) in [7, 11) is 6.05. The second-order valence-corrected chi connectivity index (χ2v) is 3.19. The van der Waals surface area contributed by atoms with E-state index in [-0.39, 0.29) is 18.5 Å². The molecular formula is C6H14O4P2. The van der Waals surface area contributed by atoms with Crippen molar-refractivity contribution in [3.05, 3.63) is 0 Å². The molecule has 1 aliphatic heterocycles. The molecule has 5 atom stereocenters. The van der Waals surface area contributed by atoms with Crippen molar-refractivity contribution in [3.63, 3.8) is 0 Å². The molecule has 0 aromatic carbocycles. The summed E-state index contributed by atoms with van der Waals surface area (Å²) in [6.07, 6.45) is 0.588. The number of ether oxygens (including phenoxy) is 2. The molecule has 0 saturated carbocycles. The van der Waals surface area contributed by atoms with Gasteiger partial charge in [-0.2, -0.15) is 0 Å². The molecule has 72 valence electrons. The van der Waals surface area contributed by atoms with Crippen molar-refractivity contribution in [2.45, 2.75) is 24.9 Å². The van der Waals surface area contributed by atoms with Crippen LogP contribution >= 0.6 is 18.9 Å². The first kappa shape index (κ1) is 10.8. The highest BCUT2D eigenvalue weighted by molar-refractivity contribution is 7.10.